The summed E-state index contributed by atoms with van der Waals surface area (Å²) in [6.07, 6.45) is 0. The van der Waals surface area contributed by atoms with Gasteiger partial charge in [-0.15, -0.1) is 23.5 Å². The molecule has 1 aliphatic heterocycles. The maximum Gasteiger partial charge on any atom is 0.124 e. The Morgan fingerprint density at radius 2 is 1.64 bits per heavy atom. The highest BCUT2D eigenvalue weighted by molar-refractivity contribution is 8.19. The van der Waals surface area contributed by atoms with Crippen molar-refractivity contribution in [3.05, 3.63) is 0 Å². The van der Waals surface area contributed by atoms with Crippen LogP contribution in [0.25, 0.3) is 0 Å². The second-order valence-corrected chi connectivity index (χ2v) is 7.53. The molecule has 0 aromatic heterocycles. The highest BCUT2D eigenvalue weighted by atomic mass is 35.5. The molecule has 0 nitrogen and oxygen atoms in total. The molecule has 1 fully saturated rings. The van der Waals surface area contributed by atoms with Crippen molar-refractivity contribution in [2.24, 2.45) is 11.3 Å². The van der Waals surface area contributed by atoms with Crippen molar-refractivity contribution in [2.45, 2.75) is 24.8 Å². The van der Waals surface area contributed by atoms with Crippen LogP contribution in [0.2, 0.25) is 0 Å². The third-order valence-electron chi connectivity index (χ3n) is 2.08. The van der Waals surface area contributed by atoms with E-state index in [9.17, 15) is 0 Å². The van der Waals surface area contributed by atoms with Gasteiger partial charge < -0.3 is 0 Å². The second kappa shape index (κ2) is 3.80. The maximum atomic E-state index is 5.96. The van der Waals surface area contributed by atoms with Gasteiger partial charge in [0.2, 0.25) is 0 Å². The highest BCUT2D eigenvalue weighted by Gasteiger charge is 2.29. The molecule has 0 aliphatic carbocycles. The zero-order valence-electron chi connectivity index (χ0n) is 7.26. The maximum absolute atomic E-state index is 5.96. The standard InChI is InChI=1S/C8H15ClS2/c1-8(2,3)6-4-10-7(9)11-5-6/h6-7H,4-5H2,1-3H3. The lowest BCUT2D eigenvalue weighted by atomic mass is 9.83. The van der Waals surface area contributed by atoms with Crippen molar-refractivity contribution >= 4 is 35.1 Å². The van der Waals surface area contributed by atoms with E-state index in [-0.39, 0.29) is 0 Å². The summed E-state index contributed by atoms with van der Waals surface area (Å²) in [7, 11) is 0. The Morgan fingerprint density at radius 3 is 2.00 bits per heavy atom. The number of halogens is 1. The number of alkyl halides is 1. The number of hydrogen-bond donors (Lipinski definition) is 0. The molecule has 0 radical (unpaired) electrons. The van der Waals surface area contributed by atoms with Gasteiger partial charge in [-0.3, -0.25) is 0 Å². The van der Waals surface area contributed by atoms with Crippen LogP contribution in [0.3, 0.4) is 0 Å². The first-order valence-corrected chi connectivity index (χ1v) is 6.41. The van der Waals surface area contributed by atoms with Crippen molar-refractivity contribution in [2.75, 3.05) is 11.5 Å². The van der Waals surface area contributed by atoms with Crippen LogP contribution in [0.15, 0.2) is 0 Å². The van der Waals surface area contributed by atoms with Crippen LogP contribution in [0.5, 0.6) is 0 Å². The first-order chi connectivity index (χ1) is 5.00. The number of rotatable bonds is 0. The summed E-state index contributed by atoms with van der Waals surface area (Å²) in [5.41, 5.74) is 0.455. The molecule has 0 atom stereocenters. The Balaban J connectivity index is 2.39. The first-order valence-electron chi connectivity index (χ1n) is 3.87. The van der Waals surface area contributed by atoms with Crippen LogP contribution in [-0.4, -0.2) is 15.5 Å². The second-order valence-electron chi connectivity index (χ2n) is 4.00. The zero-order valence-corrected chi connectivity index (χ0v) is 9.65. The zero-order chi connectivity index (χ0) is 8.48. The van der Waals surface area contributed by atoms with E-state index < -0.39 is 0 Å². The summed E-state index contributed by atoms with van der Waals surface area (Å²) in [4.78, 5) is 0. The highest BCUT2D eigenvalue weighted by Crippen LogP contribution is 2.42. The average molecular weight is 211 g/mol. The normalized spacial score (nSPS) is 33.8. The third kappa shape index (κ3) is 3.08. The topological polar surface area (TPSA) is 0 Å². The monoisotopic (exact) mass is 210 g/mol. The molecular weight excluding hydrogens is 196 g/mol. The van der Waals surface area contributed by atoms with E-state index in [1.165, 1.54) is 11.5 Å². The first kappa shape index (κ1) is 10.1. The van der Waals surface area contributed by atoms with Gasteiger partial charge in [-0.2, -0.15) is 0 Å². The fraction of sp³-hybridized carbons (Fsp3) is 1.00. The minimum atomic E-state index is 0.300. The Bertz CT molecular complexity index is 123. The third-order valence-corrected chi connectivity index (χ3v) is 5.37. The van der Waals surface area contributed by atoms with E-state index in [2.05, 4.69) is 20.8 Å². The predicted molar refractivity (Wildman–Crippen MR) is 57.5 cm³/mol. The quantitative estimate of drug-likeness (QED) is 0.560. The molecule has 0 unspecified atom stereocenters. The fourth-order valence-electron chi connectivity index (χ4n) is 0.980. The lowest BCUT2D eigenvalue weighted by molar-refractivity contribution is 0.293. The van der Waals surface area contributed by atoms with E-state index in [1.54, 1.807) is 0 Å². The van der Waals surface area contributed by atoms with Crippen LogP contribution in [0, 0.1) is 11.3 Å². The Hall–Kier alpha value is 0.990. The fourth-order valence-corrected chi connectivity index (χ4v) is 4.42. The molecule has 1 heterocycles. The molecule has 0 aromatic carbocycles. The van der Waals surface area contributed by atoms with Gasteiger partial charge in [-0.25, -0.2) is 0 Å². The molecule has 1 aliphatic rings. The van der Waals surface area contributed by atoms with Crippen molar-refractivity contribution in [3.63, 3.8) is 0 Å². The van der Waals surface area contributed by atoms with Gasteiger partial charge in [0, 0.05) is 0 Å². The molecule has 0 spiro atoms. The Kier molecular flexibility index (Phi) is 3.48. The summed E-state index contributed by atoms with van der Waals surface area (Å²) >= 11 is 9.72. The van der Waals surface area contributed by atoms with Gasteiger partial charge in [0.1, 0.15) is 4.04 Å². The molecule has 66 valence electrons. The molecular formula is C8H15ClS2. The smallest absolute Gasteiger partial charge is 0.124 e. The summed E-state index contributed by atoms with van der Waals surface area (Å²) in [6.45, 7) is 6.94. The molecule has 1 rings (SSSR count). The molecule has 11 heavy (non-hydrogen) atoms. The Morgan fingerprint density at radius 1 is 1.18 bits per heavy atom. The minimum Gasteiger partial charge on any atom is -0.131 e. The van der Waals surface area contributed by atoms with E-state index in [4.69, 9.17) is 11.6 Å². The Labute approximate surface area is 82.8 Å². The number of thioether (sulfide) groups is 2. The van der Waals surface area contributed by atoms with Crippen LogP contribution >= 0.6 is 35.1 Å². The van der Waals surface area contributed by atoms with Gasteiger partial charge in [0.05, 0.1) is 0 Å². The van der Waals surface area contributed by atoms with Crippen LogP contribution < -0.4 is 0 Å². The number of hydrogen-bond acceptors (Lipinski definition) is 2. The molecule has 0 saturated carbocycles. The van der Waals surface area contributed by atoms with E-state index in [0.717, 1.165) is 5.92 Å². The average Bonchev–Trinajstić information content (AvgIpc) is 1.86. The summed E-state index contributed by atoms with van der Waals surface area (Å²) in [5, 5.41) is 0. The van der Waals surface area contributed by atoms with Crippen molar-refractivity contribution in [1.82, 2.24) is 0 Å². The lowest BCUT2D eigenvalue weighted by Crippen LogP contribution is -2.28. The molecule has 0 N–H and O–H groups in total. The van der Waals surface area contributed by atoms with Crippen molar-refractivity contribution < 1.29 is 0 Å². The minimum absolute atomic E-state index is 0.300. The molecule has 0 aromatic rings. The van der Waals surface area contributed by atoms with Gasteiger partial charge in [0.15, 0.2) is 0 Å². The summed E-state index contributed by atoms with van der Waals surface area (Å²) in [6, 6.07) is 0. The summed E-state index contributed by atoms with van der Waals surface area (Å²) in [5.74, 6) is 3.28. The van der Waals surface area contributed by atoms with E-state index in [1.807, 2.05) is 23.5 Å². The van der Waals surface area contributed by atoms with E-state index >= 15 is 0 Å². The van der Waals surface area contributed by atoms with Gasteiger partial charge in [-0.05, 0) is 22.8 Å². The van der Waals surface area contributed by atoms with Crippen molar-refractivity contribution in [3.8, 4) is 0 Å². The predicted octanol–water partition coefficient (Wildman–Crippen LogP) is 3.65. The molecule has 1 saturated heterocycles. The van der Waals surface area contributed by atoms with Crippen LogP contribution in [0.4, 0.5) is 0 Å². The summed E-state index contributed by atoms with van der Waals surface area (Å²) < 4.78 is 0.300. The van der Waals surface area contributed by atoms with Crippen molar-refractivity contribution in [1.29, 1.82) is 0 Å². The lowest BCUT2D eigenvalue weighted by Gasteiger charge is -2.34. The van der Waals surface area contributed by atoms with Gasteiger partial charge >= 0.3 is 0 Å². The SMILES string of the molecule is CC(C)(C)C1CSC(Cl)SC1. The van der Waals surface area contributed by atoms with Crippen LogP contribution in [0.1, 0.15) is 20.8 Å². The molecule has 0 amide bonds. The molecule has 0 bridgehead atoms. The van der Waals surface area contributed by atoms with Crippen LogP contribution in [-0.2, 0) is 0 Å². The largest absolute Gasteiger partial charge is 0.131 e. The van der Waals surface area contributed by atoms with Gasteiger partial charge in [0.25, 0.3) is 0 Å². The van der Waals surface area contributed by atoms with Gasteiger partial charge in [-0.1, -0.05) is 32.4 Å². The van der Waals surface area contributed by atoms with E-state index in [0.29, 0.717) is 9.46 Å². The molecule has 3 heteroatoms.